The Labute approximate surface area is 131 Å². The molecule has 5 nitrogen and oxygen atoms in total. The zero-order valence-corrected chi connectivity index (χ0v) is 13.0. The molecule has 1 heterocycles. The van der Waals surface area contributed by atoms with Gasteiger partial charge in [0.2, 0.25) is 5.91 Å². The van der Waals surface area contributed by atoms with Crippen molar-refractivity contribution in [3.8, 4) is 6.07 Å². The number of rotatable bonds is 5. The number of carbonyl (C=O) groups is 1. The Morgan fingerprint density at radius 2 is 1.91 bits per heavy atom. The summed E-state index contributed by atoms with van der Waals surface area (Å²) >= 11 is 0. The summed E-state index contributed by atoms with van der Waals surface area (Å²) in [5.41, 5.74) is 1.55. The highest BCUT2D eigenvalue weighted by molar-refractivity contribution is 5.78. The number of nitrogens with zero attached hydrogens (tertiary/aromatic N) is 3. The van der Waals surface area contributed by atoms with Gasteiger partial charge < -0.3 is 10.0 Å². The molecule has 1 fully saturated rings. The van der Waals surface area contributed by atoms with Gasteiger partial charge in [0.1, 0.15) is 0 Å². The molecule has 1 N–H and O–H groups in total. The van der Waals surface area contributed by atoms with Crippen LogP contribution in [0.3, 0.4) is 0 Å². The normalized spacial score (nSPS) is 17.0. The Morgan fingerprint density at radius 3 is 2.45 bits per heavy atom. The Balaban J connectivity index is 1.80. The zero-order chi connectivity index (χ0) is 15.9. The molecule has 0 aliphatic carbocycles. The molecule has 5 heteroatoms. The second kappa shape index (κ2) is 7.92. The van der Waals surface area contributed by atoms with Gasteiger partial charge in [0.05, 0.1) is 24.2 Å². The molecule has 0 aromatic heterocycles. The fourth-order valence-electron chi connectivity index (χ4n) is 2.59. The molecule has 1 aliphatic heterocycles. The van der Waals surface area contributed by atoms with E-state index in [4.69, 9.17) is 5.26 Å². The fourth-order valence-corrected chi connectivity index (χ4v) is 2.59. The molecule has 0 spiro atoms. The van der Waals surface area contributed by atoms with Gasteiger partial charge in [-0.1, -0.05) is 19.1 Å². The van der Waals surface area contributed by atoms with E-state index in [-0.39, 0.29) is 12.0 Å². The van der Waals surface area contributed by atoms with Gasteiger partial charge in [-0.25, -0.2) is 0 Å². The number of carbonyl (C=O) groups excluding carboxylic acids is 1. The minimum Gasteiger partial charge on any atom is -0.392 e. The molecular weight excluding hydrogens is 278 g/mol. The number of aliphatic hydroxyl groups excluding tert-OH is 1. The molecule has 0 radical (unpaired) electrons. The van der Waals surface area contributed by atoms with Crippen molar-refractivity contribution >= 4 is 5.91 Å². The second-order valence-electron chi connectivity index (χ2n) is 5.73. The highest BCUT2D eigenvalue weighted by atomic mass is 16.3. The van der Waals surface area contributed by atoms with Gasteiger partial charge in [-0.3, -0.25) is 9.69 Å². The van der Waals surface area contributed by atoms with E-state index in [9.17, 15) is 9.90 Å². The summed E-state index contributed by atoms with van der Waals surface area (Å²) in [4.78, 5) is 16.4. The van der Waals surface area contributed by atoms with Gasteiger partial charge >= 0.3 is 0 Å². The number of amides is 1. The number of piperazine rings is 1. The van der Waals surface area contributed by atoms with E-state index < -0.39 is 0 Å². The highest BCUT2D eigenvalue weighted by Gasteiger charge is 2.22. The molecule has 2 rings (SSSR count). The van der Waals surface area contributed by atoms with Crippen molar-refractivity contribution < 1.29 is 9.90 Å². The molecule has 22 heavy (non-hydrogen) atoms. The molecule has 1 aromatic carbocycles. The van der Waals surface area contributed by atoms with Gasteiger partial charge in [-0.05, 0) is 24.1 Å². The molecule has 1 amide bonds. The van der Waals surface area contributed by atoms with Crippen molar-refractivity contribution in [3.05, 3.63) is 35.4 Å². The number of hydrogen-bond acceptors (Lipinski definition) is 4. The van der Waals surface area contributed by atoms with E-state index in [0.29, 0.717) is 31.6 Å². The summed E-state index contributed by atoms with van der Waals surface area (Å²) < 4.78 is 0. The summed E-state index contributed by atoms with van der Waals surface area (Å²) in [5, 5.41) is 18.4. The van der Waals surface area contributed by atoms with Crippen LogP contribution in [0.1, 0.15) is 24.5 Å². The molecule has 1 aliphatic rings. The van der Waals surface area contributed by atoms with Crippen LogP contribution in [0.4, 0.5) is 0 Å². The Morgan fingerprint density at radius 1 is 1.27 bits per heavy atom. The average Bonchev–Trinajstić information content (AvgIpc) is 2.56. The summed E-state index contributed by atoms with van der Waals surface area (Å²) in [6.07, 6.45) is 0.863. The zero-order valence-electron chi connectivity index (χ0n) is 13.0. The van der Waals surface area contributed by atoms with Crippen LogP contribution in [0.5, 0.6) is 0 Å². The van der Waals surface area contributed by atoms with E-state index in [2.05, 4.69) is 11.0 Å². The van der Waals surface area contributed by atoms with Gasteiger partial charge in [0.25, 0.3) is 0 Å². The Kier molecular flexibility index (Phi) is 5.93. The quantitative estimate of drug-likeness (QED) is 0.881. The summed E-state index contributed by atoms with van der Waals surface area (Å²) in [6.45, 7) is 5.72. The van der Waals surface area contributed by atoms with Crippen molar-refractivity contribution in [2.24, 2.45) is 0 Å². The van der Waals surface area contributed by atoms with Crippen LogP contribution >= 0.6 is 0 Å². The van der Waals surface area contributed by atoms with Crippen LogP contribution < -0.4 is 0 Å². The van der Waals surface area contributed by atoms with E-state index >= 15 is 0 Å². The average molecular weight is 301 g/mol. The van der Waals surface area contributed by atoms with Crippen molar-refractivity contribution in [1.29, 1.82) is 5.26 Å². The van der Waals surface area contributed by atoms with E-state index in [1.807, 2.05) is 24.0 Å². The summed E-state index contributed by atoms with van der Waals surface area (Å²) in [7, 11) is 0. The molecule has 1 saturated heterocycles. The monoisotopic (exact) mass is 301 g/mol. The minimum absolute atomic E-state index is 0.125. The molecule has 0 bridgehead atoms. The van der Waals surface area contributed by atoms with E-state index in [0.717, 1.165) is 25.1 Å². The topological polar surface area (TPSA) is 67.6 Å². The third-order valence-electron chi connectivity index (χ3n) is 4.10. The van der Waals surface area contributed by atoms with Crippen molar-refractivity contribution in [2.75, 3.05) is 32.7 Å². The largest absolute Gasteiger partial charge is 0.392 e. The first-order valence-electron chi connectivity index (χ1n) is 7.79. The SMILES string of the molecule is CC[C@H](O)CN1CCN(C(=O)Cc2ccc(C#N)cc2)CC1. The molecular formula is C17H23N3O2. The number of benzene rings is 1. The lowest BCUT2D eigenvalue weighted by Gasteiger charge is -2.35. The maximum atomic E-state index is 12.3. The third kappa shape index (κ3) is 4.55. The minimum atomic E-state index is -0.277. The predicted molar refractivity (Wildman–Crippen MR) is 84.2 cm³/mol. The van der Waals surface area contributed by atoms with Gasteiger partial charge in [0.15, 0.2) is 0 Å². The number of nitriles is 1. The van der Waals surface area contributed by atoms with Crippen molar-refractivity contribution in [3.63, 3.8) is 0 Å². The highest BCUT2D eigenvalue weighted by Crippen LogP contribution is 2.09. The van der Waals surface area contributed by atoms with Crippen LogP contribution in [0, 0.1) is 11.3 Å². The number of aliphatic hydroxyl groups is 1. The molecule has 1 aromatic rings. The van der Waals surface area contributed by atoms with Crippen LogP contribution in [-0.2, 0) is 11.2 Å². The Bertz CT molecular complexity index is 528. The van der Waals surface area contributed by atoms with E-state index in [1.54, 1.807) is 12.1 Å². The molecule has 0 unspecified atom stereocenters. The van der Waals surface area contributed by atoms with Gasteiger partial charge in [-0.2, -0.15) is 5.26 Å². The lowest BCUT2D eigenvalue weighted by Crippen LogP contribution is -2.50. The smallest absolute Gasteiger partial charge is 0.227 e. The van der Waals surface area contributed by atoms with Crippen LogP contribution in [0.2, 0.25) is 0 Å². The molecule has 1 atom stereocenters. The third-order valence-corrected chi connectivity index (χ3v) is 4.10. The fraction of sp³-hybridized carbons (Fsp3) is 0.529. The lowest BCUT2D eigenvalue weighted by atomic mass is 10.1. The van der Waals surface area contributed by atoms with Crippen LogP contribution in [-0.4, -0.2) is 59.6 Å². The van der Waals surface area contributed by atoms with Gasteiger partial charge in [0, 0.05) is 32.7 Å². The maximum Gasteiger partial charge on any atom is 0.227 e. The predicted octanol–water partition coefficient (Wildman–Crippen LogP) is 1.02. The first kappa shape index (κ1) is 16.5. The first-order valence-corrected chi connectivity index (χ1v) is 7.79. The maximum absolute atomic E-state index is 12.3. The van der Waals surface area contributed by atoms with Gasteiger partial charge in [-0.15, -0.1) is 0 Å². The Hall–Kier alpha value is -1.90. The first-order chi connectivity index (χ1) is 10.6. The van der Waals surface area contributed by atoms with Crippen molar-refractivity contribution in [2.45, 2.75) is 25.9 Å². The molecule has 118 valence electrons. The number of β-amino-alcohol motifs (C(OH)–C–C–N with tert-alkyl or cyclic N) is 1. The number of hydrogen-bond donors (Lipinski definition) is 1. The standard InChI is InChI=1S/C17H23N3O2/c1-2-16(21)13-19-7-9-20(10-8-19)17(22)11-14-3-5-15(12-18)6-4-14/h3-6,16,21H,2,7-11,13H2,1H3/t16-/m0/s1. The van der Waals surface area contributed by atoms with Crippen molar-refractivity contribution in [1.82, 2.24) is 9.80 Å². The second-order valence-corrected chi connectivity index (χ2v) is 5.73. The van der Waals surface area contributed by atoms with E-state index in [1.165, 1.54) is 0 Å². The lowest BCUT2D eigenvalue weighted by molar-refractivity contribution is -0.132. The van der Waals surface area contributed by atoms with Crippen LogP contribution in [0.15, 0.2) is 24.3 Å². The summed E-state index contributed by atoms with van der Waals surface area (Å²) in [6, 6.07) is 9.24. The summed E-state index contributed by atoms with van der Waals surface area (Å²) in [5.74, 6) is 0.125. The van der Waals surface area contributed by atoms with Crippen LogP contribution in [0.25, 0.3) is 0 Å². The molecule has 0 saturated carbocycles.